The summed E-state index contributed by atoms with van der Waals surface area (Å²) in [6, 6.07) is 7.34. The van der Waals surface area contributed by atoms with Crippen LogP contribution in [0.25, 0.3) is 0 Å². The van der Waals surface area contributed by atoms with Gasteiger partial charge in [0.05, 0.1) is 0 Å². The topological polar surface area (TPSA) is 78.1 Å². The van der Waals surface area contributed by atoms with Crippen LogP contribution in [0.5, 0.6) is 0 Å². The lowest BCUT2D eigenvalue weighted by molar-refractivity contribution is -0.118. The molecule has 6 heteroatoms. The minimum atomic E-state index is -0.187. The van der Waals surface area contributed by atoms with Gasteiger partial charge in [0.2, 0.25) is 5.91 Å². The lowest BCUT2D eigenvalue weighted by atomic mass is 10.1. The van der Waals surface area contributed by atoms with Crippen molar-refractivity contribution < 1.29 is 9.59 Å². The van der Waals surface area contributed by atoms with E-state index in [0.717, 1.165) is 36.2 Å². The lowest BCUT2D eigenvalue weighted by Gasteiger charge is -2.16. The van der Waals surface area contributed by atoms with Gasteiger partial charge in [-0.15, -0.1) is 0 Å². The monoisotopic (exact) mass is 326 g/mol. The van der Waals surface area contributed by atoms with Gasteiger partial charge in [-0.3, -0.25) is 14.7 Å². The fourth-order valence-electron chi connectivity index (χ4n) is 3.00. The van der Waals surface area contributed by atoms with Gasteiger partial charge < -0.3 is 10.2 Å². The molecule has 0 saturated heterocycles. The van der Waals surface area contributed by atoms with Gasteiger partial charge in [0.25, 0.3) is 5.91 Å². The van der Waals surface area contributed by atoms with Crippen LogP contribution in [0.15, 0.2) is 24.3 Å². The molecular formula is C18H22N4O2. The van der Waals surface area contributed by atoms with Crippen molar-refractivity contribution in [1.29, 1.82) is 0 Å². The zero-order valence-corrected chi connectivity index (χ0v) is 14.1. The van der Waals surface area contributed by atoms with Crippen molar-refractivity contribution in [3.05, 3.63) is 41.1 Å². The summed E-state index contributed by atoms with van der Waals surface area (Å²) >= 11 is 0. The van der Waals surface area contributed by atoms with Gasteiger partial charge in [-0.25, -0.2) is 0 Å². The Morgan fingerprint density at radius 3 is 2.88 bits per heavy atom. The van der Waals surface area contributed by atoms with E-state index in [4.69, 9.17) is 0 Å². The van der Waals surface area contributed by atoms with E-state index in [1.807, 2.05) is 25.1 Å². The maximum atomic E-state index is 12.4. The van der Waals surface area contributed by atoms with Crippen molar-refractivity contribution in [1.82, 2.24) is 10.2 Å². The molecule has 0 bridgehead atoms. The molecule has 0 atom stereocenters. The van der Waals surface area contributed by atoms with Crippen LogP contribution in [-0.2, 0) is 17.6 Å². The number of nitrogens with zero attached hydrogens (tertiary/aromatic N) is 2. The molecule has 3 rings (SSSR count). The maximum absolute atomic E-state index is 12.4. The standard InChI is InChI=1S/C18H22N4O2/c1-3-5-14-11-16(21-20-14)19-18(24)13-6-7-15-12(10-13)8-9-22(15)17(23)4-2/h6-7,10-11H,3-5,8-9H2,1-2H3,(H2,19,20,21,24). The zero-order valence-electron chi connectivity index (χ0n) is 14.1. The Morgan fingerprint density at radius 1 is 1.29 bits per heavy atom. The van der Waals surface area contributed by atoms with E-state index in [1.54, 1.807) is 11.0 Å². The Labute approximate surface area is 141 Å². The minimum Gasteiger partial charge on any atom is -0.312 e. The average molecular weight is 326 g/mol. The van der Waals surface area contributed by atoms with E-state index in [1.165, 1.54) is 0 Å². The van der Waals surface area contributed by atoms with Crippen LogP contribution in [0.2, 0.25) is 0 Å². The van der Waals surface area contributed by atoms with Gasteiger partial charge in [-0.2, -0.15) is 5.10 Å². The molecule has 1 aliphatic heterocycles. The second-order valence-electron chi connectivity index (χ2n) is 5.97. The molecule has 1 aliphatic rings. The number of fused-ring (bicyclic) bond motifs is 1. The summed E-state index contributed by atoms with van der Waals surface area (Å²) in [7, 11) is 0. The number of aromatic nitrogens is 2. The molecule has 2 aromatic rings. The molecule has 2 heterocycles. The summed E-state index contributed by atoms with van der Waals surface area (Å²) < 4.78 is 0. The first-order valence-corrected chi connectivity index (χ1v) is 8.41. The van der Waals surface area contributed by atoms with Crippen molar-refractivity contribution in [2.45, 2.75) is 39.5 Å². The van der Waals surface area contributed by atoms with Gasteiger partial charge in [-0.1, -0.05) is 20.3 Å². The highest BCUT2D eigenvalue weighted by Crippen LogP contribution is 2.29. The second kappa shape index (κ2) is 6.86. The minimum absolute atomic E-state index is 0.117. The Bertz CT molecular complexity index is 766. The van der Waals surface area contributed by atoms with Crippen LogP contribution < -0.4 is 10.2 Å². The normalized spacial score (nSPS) is 13.0. The average Bonchev–Trinajstić information content (AvgIpc) is 3.20. The van der Waals surface area contributed by atoms with Gasteiger partial charge >= 0.3 is 0 Å². The summed E-state index contributed by atoms with van der Waals surface area (Å²) in [4.78, 5) is 26.1. The number of hydrogen-bond acceptors (Lipinski definition) is 3. The molecule has 126 valence electrons. The molecule has 0 fully saturated rings. The van der Waals surface area contributed by atoms with Crippen LogP contribution in [0.3, 0.4) is 0 Å². The first kappa shape index (κ1) is 16.2. The number of nitrogens with one attached hydrogen (secondary N) is 2. The number of aromatic amines is 1. The van der Waals surface area contributed by atoms with Crippen molar-refractivity contribution in [2.24, 2.45) is 0 Å². The number of hydrogen-bond donors (Lipinski definition) is 2. The Balaban J connectivity index is 1.73. The number of carbonyl (C=O) groups excluding carboxylic acids is 2. The van der Waals surface area contributed by atoms with Crippen LogP contribution in [0.4, 0.5) is 11.5 Å². The molecule has 0 unspecified atom stereocenters. The third kappa shape index (κ3) is 3.18. The molecular weight excluding hydrogens is 304 g/mol. The molecule has 0 radical (unpaired) electrons. The number of anilines is 2. The fraction of sp³-hybridized carbons (Fsp3) is 0.389. The van der Waals surface area contributed by atoms with E-state index < -0.39 is 0 Å². The van der Waals surface area contributed by atoms with E-state index >= 15 is 0 Å². The highest BCUT2D eigenvalue weighted by atomic mass is 16.2. The van der Waals surface area contributed by atoms with E-state index in [9.17, 15) is 9.59 Å². The quantitative estimate of drug-likeness (QED) is 0.887. The molecule has 2 amide bonds. The number of aryl methyl sites for hydroxylation is 1. The lowest BCUT2D eigenvalue weighted by Crippen LogP contribution is -2.27. The molecule has 0 saturated carbocycles. The summed E-state index contributed by atoms with van der Waals surface area (Å²) in [5.74, 6) is 0.463. The SMILES string of the molecule is CCCc1cc(NC(=O)c2ccc3c(c2)CCN3C(=O)CC)n[nH]1. The molecule has 2 N–H and O–H groups in total. The maximum Gasteiger partial charge on any atom is 0.256 e. The van der Waals surface area contributed by atoms with Crippen molar-refractivity contribution in [3.63, 3.8) is 0 Å². The van der Waals surface area contributed by atoms with Crippen LogP contribution >= 0.6 is 0 Å². The molecule has 1 aromatic heterocycles. The van der Waals surface area contributed by atoms with Crippen LogP contribution in [0.1, 0.15) is 48.3 Å². The van der Waals surface area contributed by atoms with Crippen molar-refractivity contribution in [3.8, 4) is 0 Å². The molecule has 0 aliphatic carbocycles. The largest absolute Gasteiger partial charge is 0.312 e. The number of carbonyl (C=O) groups is 2. The highest BCUT2D eigenvalue weighted by Gasteiger charge is 2.24. The van der Waals surface area contributed by atoms with Crippen molar-refractivity contribution >= 4 is 23.3 Å². The number of amides is 2. The van der Waals surface area contributed by atoms with E-state index in [2.05, 4.69) is 22.4 Å². The summed E-state index contributed by atoms with van der Waals surface area (Å²) in [5, 5.41) is 9.84. The Hall–Kier alpha value is -2.63. The highest BCUT2D eigenvalue weighted by molar-refractivity contribution is 6.05. The zero-order chi connectivity index (χ0) is 17.1. The molecule has 1 aromatic carbocycles. The van der Waals surface area contributed by atoms with Crippen LogP contribution in [-0.4, -0.2) is 28.6 Å². The van der Waals surface area contributed by atoms with Gasteiger partial charge in [0, 0.05) is 36.0 Å². The molecule has 6 nitrogen and oxygen atoms in total. The fourth-order valence-corrected chi connectivity index (χ4v) is 3.00. The first-order valence-electron chi connectivity index (χ1n) is 8.41. The number of H-pyrrole nitrogens is 1. The third-order valence-corrected chi connectivity index (χ3v) is 4.23. The molecule has 24 heavy (non-hydrogen) atoms. The molecule has 0 spiro atoms. The third-order valence-electron chi connectivity index (χ3n) is 4.23. The van der Waals surface area contributed by atoms with E-state index in [-0.39, 0.29) is 11.8 Å². The van der Waals surface area contributed by atoms with Gasteiger partial charge in [0.15, 0.2) is 5.82 Å². The van der Waals surface area contributed by atoms with Crippen molar-refractivity contribution in [2.75, 3.05) is 16.8 Å². The number of rotatable bonds is 5. The smallest absolute Gasteiger partial charge is 0.256 e. The Morgan fingerprint density at radius 2 is 2.12 bits per heavy atom. The van der Waals surface area contributed by atoms with E-state index in [0.29, 0.717) is 24.3 Å². The Kier molecular flexibility index (Phi) is 4.64. The summed E-state index contributed by atoms with van der Waals surface area (Å²) in [5.41, 5.74) is 3.55. The predicted molar refractivity (Wildman–Crippen MR) is 93.3 cm³/mol. The summed E-state index contributed by atoms with van der Waals surface area (Å²) in [6.45, 7) is 4.64. The predicted octanol–water partition coefficient (Wildman–Crippen LogP) is 2.91. The second-order valence-corrected chi connectivity index (χ2v) is 5.97. The first-order chi connectivity index (χ1) is 11.6. The number of benzene rings is 1. The summed E-state index contributed by atoms with van der Waals surface area (Å²) in [6.07, 6.45) is 3.20. The van der Waals surface area contributed by atoms with Gasteiger partial charge in [0.1, 0.15) is 0 Å². The van der Waals surface area contributed by atoms with Gasteiger partial charge in [-0.05, 0) is 36.6 Å². The van der Waals surface area contributed by atoms with Crippen LogP contribution in [0, 0.1) is 0 Å².